The van der Waals surface area contributed by atoms with Gasteiger partial charge in [-0.1, -0.05) is 6.07 Å². The molecule has 0 spiro atoms. The number of rotatable bonds is 5. The zero-order valence-corrected chi connectivity index (χ0v) is 13.3. The second kappa shape index (κ2) is 6.20. The normalized spacial score (nSPS) is 18.9. The SMILES string of the molecule is CC1c2ccsc2CCN1CCCC(=O)c1cccs1. The Balaban J connectivity index is 1.51. The van der Waals surface area contributed by atoms with Crippen molar-refractivity contribution in [2.24, 2.45) is 0 Å². The van der Waals surface area contributed by atoms with Crippen molar-refractivity contribution in [2.75, 3.05) is 13.1 Å². The van der Waals surface area contributed by atoms with Crippen molar-refractivity contribution in [1.82, 2.24) is 4.90 Å². The quantitative estimate of drug-likeness (QED) is 0.764. The molecule has 2 aromatic rings. The molecule has 1 atom stereocenters. The van der Waals surface area contributed by atoms with Gasteiger partial charge in [0.15, 0.2) is 5.78 Å². The third kappa shape index (κ3) is 2.87. The molecule has 4 heteroatoms. The summed E-state index contributed by atoms with van der Waals surface area (Å²) in [4.78, 5) is 16.9. The van der Waals surface area contributed by atoms with Crippen LogP contribution in [0.5, 0.6) is 0 Å². The molecule has 0 saturated heterocycles. The van der Waals surface area contributed by atoms with Gasteiger partial charge in [-0.25, -0.2) is 0 Å². The van der Waals surface area contributed by atoms with E-state index < -0.39 is 0 Å². The first-order chi connectivity index (χ1) is 9.75. The summed E-state index contributed by atoms with van der Waals surface area (Å²) in [6, 6.07) is 6.63. The van der Waals surface area contributed by atoms with Crippen LogP contribution in [0.25, 0.3) is 0 Å². The van der Waals surface area contributed by atoms with Crippen molar-refractivity contribution in [1.29, 1.82) is 0 Å². The summed E-state index contributed by atoms with van der Waals surface area (Å²) in [5.41, 5.74) is 1.49. The van der Waals surface area contributed by atoms with E-state index in [0.717, 1.165) is 30.8 Å². The van der Waals surface area contributed by atoms with Crippen LogP contribution in [0.4, 0.5) is 0 Å². The molecule has 1 unspecified atom stereocenters. The fourth-order valence-corrected chi connectivity index (χ4v) is 4.53. The molecule has 0 bridgehead atoms. The van der Waals surface area contributed by atoms with E-state index >= 15 is 0 Å². The Kier molecular flexibility index (Phi) is 4.34. The molecule has 3 rings (SSSR count). The van der Waals surface area contributed by atoms with Crippen molar-refractivity contribution in [3.8, 4) is 0 Å². The standard InChI is InChI=1S/C16H19NOS2/c1-12-13-7-11-20-15(13)6-9-17(12)8-2-4-14(18)16-5-3-10-19-16/h3,5,7,10-12H,2,4,6,8-9H2,1H3. The third-order valence-electron chi connectivity index (χ3n) is 4.05. The van der Waals surface area contributed by atoms with Gasteiger partial charge in [-0.05, 0) is 54.8 Å². The third-order valence-corrected chi connectivity index (χ3v) is 5.96. The summed E-state index contributed by atoms with van der Waals surface area (Å²) < 4.78 is 0. The Morgan fingerprint density at radius 3 is 3.05 bits per heavy atom. The summed E-state index contributed by atoms with van der Waals surface area (Å²) in [6.45, 7) is 4.43. The highest BCUT2D eigenvalue weighted by atomic mass is 32.1. The van der Waals surface area contributed by atoms with Gasteiger partial charge >= 0.3 is 0 Å². The van der Waals surface area contributed by atoms with Crippen LogP contribution in [0.1, 0.15) is 45.9 Å². The van der Waals surface area contributed by atoms with E-state index in [2.05, 4.69) is 23.3 Å². The van der Waals surface area contributed by atoms with Gasteiger partial charge in [0.1, 0.15) is 0 Å². The van der Waals surface area contributed by atoms with Gasteiger partial charge in [0.05, 0.1) is 4.88 Å². The number of ketones is 1. The lowest BCUT2D eigenvalue weighted by atomic mass is 10.0. The molecule has 106 valence electrons. The van der Waals surface area contributed by atoms with Gasteiger partial charge < -0.3 is 0 Å². The lowest BCUT2D eigenvalue weighted by Crippen LogP contribution is -2.34. The van der Waals surface area contributed by atoms with Crippen LogP contribution in [0.2, 0.25) is 0 Å². The summed E-state index contributed by atoms with van der Waals surface area (Å²) in [7, 11) is 0. The van der Waals surface area contributed by atoms with Crippen LogP contribution in [0.3, 0.4) is 0 Å². The van der Waals surface area contributed by atoms with Crippen LogP contribution in [0, 0.1) is 0 Å². The maximum atomic E-state index is 12.0. The van der Waals surface area contributed by atoms with Gasteiger partial charge in [-0.2, -0.15) is 0 Å². The van der Waals surface area contributed by atoms with Crippen LogP contribution >= 0.6 is 22.7 Å². The van der Waals surface area contributed by atoms with Crippen molar-refractivity contribution < 1.29 is 4.79 Å². The van der Waals surface area contributed by atoms with E-state index in [-0.39, 0.29) is 0 Å². The van der Waals surface area contributed by atoms with Gasteiger partial charge in [-0.3, -0.25) is 9.69 Å². The molecular formula is C16H19NOS2. The van der Waals surface area contributed by atoms with Crippen molar-refractivity contribution in [3.05, 3.63) is 44.3 Å². The first-order valence-corrected chi connectivity index (χ1v) is 8.88. The number of carbonyl (C=O) groups is 1. The zero-order valence-electron chi connectivity index (χ0n) is 11.7. The molecule has 2 nitrogen and oxygen atoms in total. The molecule has 3 heterocycles. The Morgan fingerprint density at radius 2 is 2.25 bits per heavy atom. The van der Waals surface area contributed by atoms with E-state index in [9.17, 15) is 4.79 Å². The second-order valence-electron chi connectivity index (χ2n) is 5.27. The smallest absolute Gasteiger partial charge is 0.172 e. The maximum absolute atomic E-state index is 12.0. The van der Waals surface area contributed by atoms with Crippen LogP contribution in [0.15, 0.2) is 29.0 Å². The van der Waals surface area contributed by atoms with E-state index in [1.807, 2.05) is 28.8 Å². The van der Waals surface area contributed by atoms with E-state index in [1.165, 1.54) is 5.56 Å². The average molecular weight is 305 g/mol. The van der Waals surface area contributed by atoms with E-state index in [4.69, 9.17) is 0 Å². The monoisotopic (exact) mass is 305 g/mol. The van der Waals surface area contributed by atoms with E-state index in [1.54, 1.807) is 16.2 Å². The molecule has 0 aromatic carbocycles. The van der Waals surface area contributed by atoms with Crippen molar-refractivity contribution in [2.45, 2.75) is 32.2 Å². The number of hydrogen-bond acceptors (Lipinski definition) is 4. The molecule has 0 fully saturated rings. The number of Topliss-reactive ketones (excluding diaryl/α,β-unsaturated/α-hetero) is 1. The molecule has 20 heavy (non-hydrogen) atoms. The Bertz CT molecular complexity index is 573. The molecule has 0 saturated carbocycles. The summed E-state index contributed by atoms with van der Waals surface area (Å²) in [5.74, 6) is 0.292. The average Bonchev–Trinajstić information content (AvgIpc) is 3.11. The minimum atomic E-state index is 0.292. The topological polar surface area (TPSA) is 20.3 Å². The highest BCUT2D eigenvalue weighted by Crippen LogP contribution is 2.32. The number of hydrogen-bond donors (Lipinski definition) is 0. The predicted octanol–water partition coefficient (Wildman–Crippen LogP) is 4.39. The van der Waals surface area contributed by atoms with Gasteiger partial charge in [0.25, 0.3) is 0 Å². The number of nitrogens with zero attached hydrogens (tertiary/aromatic N) is 1. The van der Waals surface area contributed by atoms with Crippen LogP contribution in [-0.2, 0) is 6.42 Å². The molecule has 0 radical (unpaired) electrons. The summed E-state index contributed by atoms with van der Waals surface area (Å²) in [5, 5.41) is 4.17. The first kappa shape index (κ1) is 14.0. The zero-order chi connectivity index (χ0) is 13.9. The molecule has 1 aliphatic rings. The van der Waals surface area contributed by atoms with E-state index in [0.29, 0.717) is 18.2 Å². The minimum Gasteiger partial charge on any atom is -0.296 e. The Morgan fingerprint density at radius 1 is 1.35 bits per heavy atom. The Labute approximate surface area is 128 Å². The molecular weight excluding hydrogens is 286 g/mol. The van der Waals surface area contributed by atoms with Gasteiger partial charge in [0, 0.05) is 23.9 Å². The number of thiophene rings is 2. The largest absolute Gasteiger partial charge is 0.296 e. The maximum Gasteiger partial charge on any atom is 0.172 e. The lowest BCUT2D eigenvalue weighted by molar-refractivity contribution is 0.0974. The number of fused-ring (bicyclic) bond motifs is 1. The van der Waals surface area contributed by atoms with Crippen LogP contribution in [-0.4, -0.2) is 23.8 Å². The second-order valence-corrected chi connectivity index (χ2v) is 7.21. The minimum absolute atomic E-state index is 0.292. The fraction of sp³-hybridized carbons (Fsp3) is 0.438. The predicted molar refractivity (Wildman–Crippen MR) is 85.9 cm³/mol. The molecule has 0 aliphatic carbocycles. The van der Waals surface area contributed by atoms with Crippen molar-refractivity contribution >= 4 is 28.5 Å². The fourth-order valence-electron chi connectivity index (χ4n) is 2.87. The summed E-state index contributed by atoms with van der Waals surface area (Å²) in [6.07, 6.45) is 2.79. The number of carbonyl (C=O) groups excluding carboxylic acids is 1. The first-order valence-electron chi connectivity index (χ1n) is 7.12. The van der Waals surface area contributed by atoms with Gasteiger partial charge in [0.2, 0.25) is 0 Å². The highest BCUT2D eigenvalue weighted by Gasteiger charge is 2.24. The highest BCUT2D eigenvalue weighted by molar-refractivity contribution is 7.12. The van der Waals surface area contributed by atoms with Crippen molar-refractivity contribution in [3.63, 3.8) is 0 Å². The molecule has 0 amide bonds. The van der Waals surface area contributed by atoms with Gasteiger partial charge in [-0.15, -0.1) is 22.7 Å². The lowest BCUT2D eigenvalue weighted by Gasteiger charge is -2.33. The molecule has 2 aromatic heterocycles. The molecule has 0 N–H and O–H groups in total. The molecule has 1 aliphatic heterocycles. The summed E-state index contributed by atoms with van der Waals surface area (Å²) >= 11 is 3.43. The Hall–Kier alpha value is -0.970. The van der Waals surface area contributed by atoms with Crippen LogP contribution < -0.4 is 0 Å².